The SMILES string of the molecule is COc1cc(Nc2cnc3ccc(Nc4nnc(C5CCCC5)s4)nc3c2)cc(OC)c1OC. The van der Waals surface area contributed by atoms with E-state index in [1.165, 1.54) is 25.7 Å². The maximum absolute atomic E-state index is 5.44. The van der Waals surface area contributed by atoms with Crippen LogP contribution in [0.1, 0.15) is 36.6 Å². The van der Waals surface area contributed by atoms with Gasteiger partial charge in [0, 0.05) is 23.7 Å². The number of aromatic nitrogens is 4. The van der Waals surface area contributed by atoms with Crippen LogP contribution in [0.2, 0.25) is 0 Å². The number of pyridine rings is 2. The molecule has 0 radical (unpaired) electrons. The molecule has 1 aliphatic carbocycles. The molecule has 0 amide bonds. The lowest BCUT2D eigenvalue weighted by Gasteiger charge is -2.15. The molecule has 0 atom stereocenters. The Morgan fingerprint density at radius 2 is 1.62 bits per heavy atom. The number of anilines is 4. The third-order valence-electron chi connectivity index (χ3n) is 5.87. The molecule has 3 aromatic heterocycles. The van der Waals surface area contributed by atoms with Crippen LogP contribution in [-0.4, -0.2) is 41.5 Å². The van der Waals surface area contributed by atoms with E-state index in [4.69, 9.17) is 19.2 Å². The zero-order chi connectivity index (χ0) is 23.5. The zero-order valence-corrected chi connectivity index (χ0v) is 20.1. The van der Waals surface area contributed by atoms with Crippen LogP contribution < -0.4 is 24.8 Å². The predicted octanol–water partition coefficient (Wildman–Crippen LogP) is 5.65. The van der Waals surface area contributed by atoms with Crippen LogP contribution in [-0.2, 0) is 0 Å². The van der Waals surface area contributed by atoms with E-state index in [0.29, 0.717) is 29.0 Å². The van der Waals surface area contributed by atoms with E-state index in [0.717, 1.165) is 32.5 Å². The Balaban J connectivity index is 1.37. The summed E-state index contributed by atoms with van der Waals surface area (Å²) in [5.41, 5.74) is 3.11. The number of hydrogen-bond acceptors (Lipinski definition) is 10. The second kappa shape index (κ2) is 9.68. The van der Waals surface area contributed by atoms with Crippen molar-refractivity contribution in [3.8, 4) is 17.2 Å². The number of methoxy groups -OCH3 is 3. The van der Waals surface area contributed by atoms with Crippen LogP contribution in [0.15, 0.2) is 36.5 Å². The first-order chi connectivity index (χ1) is 16.7. The van der Waals surface area contributed by atoms with Gasteiger partial charge in [0.1, 0.15) is 10.8 Å². The number of ether oxygens (including phenoxy) is 3. The van der Waals surface area contributed by atoms with Crippen LogP contribution >= 0.6 is 11.3 Å². The Kier molecular flexibility index (Phi) is 6.31. The van der Waals surface area contributed by atoms with Crippen LogP contribution in [0, 0.1) is 0 Å². The van der Waals surface area contributed by atoms with Crippen LogP contribution in [0.25, 0.3) is 11.0 Å². The highest BCUT2D eigenvalue weighted by molar-refractivity contribution is 7.15. The molecule has 0 spiro atoms. The molecule has 0 saturated heterocycles. The molecular weight excluding hydrogens is 452 g/mol. The first-order valence-corrected chi connectivity index (χ1v) is 11.9. The third kappa shape index (κ3) is 4.54. The van der Waals surface area contributed by atoms with Crippen molar-refractivity contribution in [3.05, 3.63) is 41.5 Å². The highest BCUT2D eigenvalue weighted by Crippen LogP contribution is 2.41. The minimum Gasteiger partial charge on any atom is -0.493 e. The summed E-state index contributed by atoms with van der Waals surface area (Å²) in [5, 5.41) is 17.2. The van der Waals surface area contributed by atoms with Gasteiger partial charge in [-0.05, 0) is 31.0 Å². The highest BCUT2D eigenvalue weighted by Gasteiger charge is 2.21. The molecule has 2 N–H and O–H groups in total. The molecule has 4 aromatic rings. The molecule has 10 heteroatoms. The highest BCUT2D eigenvalue weighted by atomic mass is 32.1. The first kappa shape index (κ1) is 22.1. The van der Waals surface area contributed by atoms with Gasteiger partial charge >= 0.3 is 0 Å². The van der Waals surface area contributed by atoms with Gasteiger partial charge in [-0.15, -0.1) is 10.2 Å². The number of nitrogens with zero attached hydrogens (tertiary/aromatic N) is 4. The van der Waals surface area contributed by atoms with E-state index in [1.54, 1.807) is 38.9 Å². The Bertz CT molecular complexity index is 1280. The van der Waals surface area contributed by atoms with Gasteiger partial charge in [-0.1, -0.05) is 24.2 Å². The van der Waals surface area contributed by atoms with Crippen molar-refractivity contribution in [2.45, 2.75) is 31.6 Å². The van der Waals surface area contributed by atoms with Crippen molar-refractivity contribution < 1.29 is 14.2 Å². The summed E-state index contributed by atoms with van der Waals surface area (Å²) in [6.07, 6.45) is 6.73. The molecule has 9 nitrogen and oxygen atoms in total. The van der Waals surface area contributed by atoms with Gasteiger partial charge in [0.2, 0.25) is 10.9 Å². The summed E-state index contributed by atoms with van der Waals surface area (Å²) < 4.78 is 16.3. The van der Waals surface area contributed by atoms with E-state index < -0.39 is 0 Å². The van der Waals surface area contributed by atoms with Gasteiger partial charge in [-0.2, -0.15) is 0 Å². The Morgan fingerprint density at radius 1 is 0.853 bits per heavy atom. The summed E-state index contributed by atoms with van der Waals surface area (Å²) in [4.78, 5) is 9.27. The van der Waals surface area contributed by atoms with Gasteiger partial charge in [0.25, 0.3) is 0 Å². The summed E-state index contributed by atoms with van der Waals surface area (Å²) in [6.45, 7) is 0. The maximum atomic E-state index is 5.44. The van der Waals surface area contributed by atoms with Crippen molar-refractivity contribution in [1.82, 2.24) is 20.2 Å². The predicted molar refractivity (Wildman–Crippen MR) is 133 cm³/mol. The fraction of sp³-hybridized carbons (Fsp3) is 0.333. The Hall–Kier alpha value is -3.66. The number of hydrogen-bond donors (Lipinski definition) is 2. The summed E-state index contributed by atoms with van der Waals surface area (Å²) in [5.74, 6) is 2.92. The lowest BCUT2D eigenvalue weighted by molar-refractivity contribution is 0.324. The topological polar surface area (TPSA) is 103 Å². The number of rotatable bonds is 8. The summed E-state index contributed by atoms with van der Waals surface area (Å²) >= 11 is 1.61. The molecular formula is C24H26N6O3S. The Labute approximate surface area is 201 Å². The molecule has 5 rings (SSSR count). The third-order valence-corrected chi connectivity index (χ3v) is 6.87. The molecule has 1 saturated carbocycles. The molecule has 176 valence electrons. The van der Waals surface area contributed by atoms with Crippen LogP contribution in [0.4, 0.5) is 22.3 Å². The van der Waals surface area contributed by atoms with Gasteiger partial charge in [0.05, 0.1) is 44.2 Å². The fourth-order valence-electron chi connectivity index (χ4n) is 4.20. The van der Waals surface area contributed by atoms with Gasteiger partial charge in [0.15, 0.2) is 11.5 Å². The van der Waals surface area contributed by atoms with Crippen molar-refractivity contribution >= 4 is 44.7 Å². The first-order valence-electron chi connectivity index (χ1n) is 11.1. The smallest absolute Gasteiger partial charge is 0.211 e. The molecule has 34 heavy (non-hydrogen) atoms. The van der Waals surface area contributed by atoms with Gasteiger partial charge in [-0.25, -0.2) is 4.98 Å². The largest absolute Gasteiger partial charge is 0.493 e. The Morgan fingerprint density at radius 3 is 2.32 bits per heavy atom. The van der Waals surface area contributed by atoms with E-state index >= 15 is 0 Å². The number of nitrogens with one attached hydrogen (secondary N) is 2. The van der Waals surface area contributed by atoms with E-state index in [1.807, 2.05) is 30.3 Å². The molecule has 0 aliphatic heterocycles. The molecule has 1 aromatic carbocycles. The van der Waals surface area contributed by atoms with Gasteiger partial charge in [-0.3, -0.25) is 4.98 Å². The molecule has 1 fully saturated rings. The number of benzene rings is 1. The maximum Gasteiger partial charge on any atom is 0.211 e. The second-order valence-electron chi connectivity index (χ2n) is 8.05. The quantitative estimate of drug-likeness (QED) is 0.332. The monoisotopic (exact) mass is 478 g/mol. The zero-order valence-electron chi connectivity index (χ0n) is 19.3. The normalized spacial score (nSPS) is 13.7. The fourth-order valence-corrected chi connectivity index (χ4v) is 5.12. The van der Waals surface area contributed by atoms with E-state index in [2.05, 4.69) is 25.8 Å². The molecule has 0 bridgehead atoms. The average molecular weight is 479 g/mol. The van der Waals surface area contributed by atoms with Crippen molar-refractivity contribution in [1.29, 1.82) is 0 Å². The minimum absolute atomic E-state index is 0.539. The average Bonchev–Trinajstić information content (AvgIpc) is 3.55. The van der Waals surface area contributed by atoms with Crippen molar-refractivity contribution in [2.24, 2.45) is 0 Å². The lowest BCUT2D eigenvalue weighted by atomic mass is 10.1. The second-order valence-corrected chi connectivity index (χ2v) is 9.06. The standard InChI is InChI=1S/C24H26N6O3S/c1-31-19-11-15(12-20(32-2)22(19)33-3)26-16-10-18-17(25-13-16)8-9-21(27-18)28-24-30-29-23(34-24)14-6-4-5-7-14/h8-14,26H,4-7H2,1-3H3,(H,27,28,30). The van der Waals surface area contributed by atoms with Crippen molar-refractivity contribution in [2.75, 3.05) is 32.0 Å². The van der Waals surface area contributed by atoms with Gasteiger partial charge < -0.3 is 24.8 Å². The van der Waals surface area contributed by atoms with Crippen LogP contribution in [0.3, 0.4) is 0 Å². The molecule has 1 aliphatic rings. The lowest BCUT2D eigenvalue weighted by Crippen LogP contribution is -1.99. The minimum atomic E-state index is 0.539. The van der Waals surface area contributed by atoms with Crippen molar-refractivity contribution in [3.63, 3.8) is 0 Å². The van der Waals surface area contributed by atoms with Crippen LogP contribution in [0.5, 0.6) is 17.2 Å². The molecule has 3 heterocycles. The molecule has 0 unspecified atom stereocenters. The van der Waals surface area contributed by atoms with E-state index in [9.17, 15) is 0 Å². The summed E-state index contributed by atoms with van der Waals surface area (Å²) in [6, 6.07) is 9.47. The number of fused-ring (bicyclic) bond motifs is 1. The summed E-state index contributed by atoms with van der Waals surface area (Å²) in [7, 11) is 4.76. The van der Waals surface area contributed by atoms with E-state index in [-0.39, 0.29) is 0 Å².